The second kappa shape index (κ2) is 7.73. The molecule has 1 aliphatic rings. The zero-order valence-corrected chi connectivity index (χ0v) is 16.4. The third-order valence-corrected chi connectivity index (χ3v) is 4.60. The Morgan fingerprint density at radius 2 is 1.86 bits per heavy atom. The summed E-state index contributed by atoms with van der Waals surface area (Å²) in [6, 6.07) is 8.45. The number of benzene rings is 2. The van der Waals surface area contributed by atoms with Gasteiger partial charge in [-0.1, -0.05) is 6.07 Å². The number of carbonyl (C=O) groups is 3. The van der Waals surface area contributed by atoms with Crippen LogP contribution in [0.5, 0.6) is 17.2 Å². The van der Waals surface area contributed by atoms with Gasteiger partial charge in [0.25, 0.3) is 11.8 Å². The number of phenolic OH excluding ortho intramolecular Hbond substituents is 1. The summed E-state index contributed by atoms with van der Waals surface area (Å²) in [5.41, 5.74) is 0.423. The van der Waals surface area contributed by atoms with Gasteiger partial charge in [-0.15, -0.1) is 0 Å². The van der Waals surface area contributed by atoms with Crippen molar-refractivity contribution in [3.05, 3.63) is 52.0 Å². The number of barbiturate groups is 1. The van der Waals surface area contributed by atoms with Crippen LogP contribution >= 0.6 is 15.9 Å². The van der Waals surface area contributed by atoms with E-state index < -0.39 is 17.8 Å². The highest BCUT2D eigenvalue weighted by Gasteiger charge is 2.37. The molecular formula is C19H15BrN2O6. The Labute approximate surface area is 168 Å². The molecule has 144 valence electrons. The number of nitrogens with zero attached hydrogens (tertiary/aromatic N) is 1. The fourth-order valence-electron chi connectivity index (χ4n) is 2.64. The minimum Gasteiger partial charge on any atom is -0.503 e. The van der Waals surface area contributed by atoms with Crippen molar-refractivity contribution in [2.45, 2.75) is 0 Å². The van der Waals surface area contributed by atoms with Gasteiger partial charge in [-0.25, -0.2) is 9.69 Å². The van der Waals surface area contributed by atoms with Crippen LogP contribution in [-0.2, 0) is 9.59 Å². The third kappa shape index (κ3) is 3.56. The number of hydrogen-bond acceptors (Lipinski definition) is 6. The van der Waals surface area contributed by atoms with Crippen molar-refractivity contribution >= 4 is 45.5 Å². The van der Waals surface area contributed by atoms with Gasteiger partial charge in [-0.3, -0.25) is 14.9 Å². The lowest BCUT2D eigenvalue weighted by atomic mass is 10.1. The van der Waals surface area contributed by atoms with Gasteiger partial charge in [0.15, 0.2) is 11.5 Å². The van der Waals surface area contributed by atoms with E-state index in [1.54, 1.807) is 18.2 Å². The molecule has 0 saturated carbocycles. The number of hydrogen-bond donors (Lipinski definition) is 2. The predicted molar refractivity (Wildman–Crippen MR) is 104 cm³/mol. The van der Waals surface area contributed by atoms with Crippen molar-refractivity contribution in [1.29, 1.82) is 0 Å². The van der Waals surface area contributed by atoms with Crippen molar-refractivity contribution in [3.8, 4) is 17.2 Å². The van der Waals surface area contributed by atoms with E-state index >= 15 is 0 Å². The van der Waals surface area contributed by atoms with Crippen LogP contribution in [0.25, 0.3) is 6.08 Å². The third-order valence-electron chi connectivity index (χ3n) is 3.99. The number of aromatic hydroxyl groups is 1. The normalized spacial score (nSPS) is 15.6. The van der Waals surface area contributed by atoms with Gasteiger partial charge in [0.05, 0.1) is 24.4 Å². The molecule has 2 aromatic rings. The summed E-state index contributed by atoms with van der Waals surface area (Å²) in [7, 11) is 2.84. The van der Waals surface area contributed by atoms with Gasteiger partial charge in [0.1, 0.15) is 11.3 Å². The van der Waals surface area contributed by atoms with E-state index in [2.05, 4.69) is 21.2 Å². The van der Waals surface area contributed by atoms with Crippen molar-refractivity contribution in [3.63, 3.8) is 0 Å². The van der Waals surface area contributed by atoms with E-state index in [4.69, 9.17) is 9.47 Å². The number of imide groups is 2. The van der Waals surface area contributed by atoms with E-state index in [0.29, 0.717) is 15.8 Å². The first-order chi connectivity index (χ1) is 13.3. The number of halogens is 1. The number of urea groups is 1. The Morgan fingerprint density at radius 1 is 1.11 bits per heavy atom. The summed E-state index contributed by atoms with van der Waals surface area (Å²) in [5.74, 6) is -1.11. The average molecular weight is 447 g/mol. The van der Waals surface area contributed by atoms with E-state index in [9.17, 15) is 19.5 Å². The van der Waals surface area contributed by atoms with Crippen LogP contribution in [0.4, 0.5) is 10.5 Å². The van der Waals surface area contributed by atoms with E-state index in [1.807, 2.05) is 0 Å². The molecule has 0 aliphatic carbocycles. The number of methoxy groups -OCH3 is 2. The Hall–Kier alpha value is -3.33. The second-order valence-corrected chi connectivity index (χ2v) is 6.57. The van der Waals surface area contributed by atoms with Gasteiger partial charge in [0.2, 0.25) is 0 Å². The number of nitrogens with one attached hydrogen (secondary N) is 1. The van der Waals surface area contributed by atoms with Crippen LogP contribution < -0.4 is 19.7 Å². The highest BCUT2D eigenvalue weighted by atomic mass is 79.9. The molecule has 1 saturated heterocycles. The number of amides is 4. The number of phenols is 1. The summed E-state index contributed by atoms with van der Waals surface area (Å²) < 4.78 is 10.5. The van der Waals surface area contributed by atoms with Crippen LogP contribution in [0.15, 0.2) is 46.4 Å². The highest BCUT2D eigenvalue weighted by Crippen LogP contribution is 2.36. The standard InChI is InChI=1S/C19H15BrN2O6/c1-27-12-5-3-4-11(9-12)22-18(25)13(17(24)21-19(22)26)6-10-7-14(20)16(23)15(8-10)28-2/h3-9,23H,1-2H3,(H,21,24,26)/b13-6+. The summed E-state index contributed by atoms with van der Waals surface area (Å²) in [5, 5.41) is 12.0. The molecule has 28 heavy (non-hydrogen) atoms. The maximum absolute atomic E-state index is 12.9. The van der Waals surface area contributed by atoms with Crippen LogP contribution in [0.3, 0.4) is 0 Å². The molecule has 0 spiro atoms. The smallest absolute Gasteiger partial charge is 0.335 e. The molecule has 4 amide bonds. The fourth-order valence-corrected chi connectivity index (χ4v) is 3.10. The minimum absolute atomic E-state index is 0.114. The summed E-state index contributed by atoms with van der Waals surface area (Å²) in [6.07, 6.45) is 1.31. The van der Waals surface area contributed by atoms with Crippen molar-refractivity contribution in [1.82, 2.24) is 5.32 Å². The van der Waals surface area contributed by atoms with Gasteiger partial charge < -0.3 is 14.6 Å². The molecule has 0 atom stereocenters. The first kappa shape index (κ1) is 19.4. The molecule has 3 rings (SSSR count). The lowest BCUT2D eigenvalue weighted by Crippen LogP contribution is -2.54. The second-order valence-electron chi connectivity index (χ2n) is 5.71. The molecule has 0 unspecified atom stereocenters. The first-order valence-corrected chi connectivity index (χ1v) is 8.77. The molecule has 1 aliphatic heterocycles. The quantitative estimate of drug-likeness (QED) is 0.552. The van der Waals surface area contributed by atoms with Crippen LogP contribution in [0.2, 0.25) is 0 Å². The topological polar surface area (TPSA) is 105 Å². The Bertz CT molecular complexity index is 1020. The molecular weight excluding hydrogens is 432 g/mol. The zero-order chi connectivity index (χ0) is 20.4. The molecule has 1 fully saturated rings. The summed E-state index contributed by atoms with van der Waals surface area (Å²) in [4.78, 5) is 38.3. The molecule has 0 bridgehead atoms. The highest BCUT2D eigenvalue weighted by molar-refractivity contribution is 9.10. The molecule has 2 aromatic carbocycles. The fraction of sp³-hybridized carbons (Fsp3) is 0.105. The largest absolute Gasteiger partial charge is 0.503 e. The lowest BCUT2D eigenvalue weighted by molar-refractivity contribution is -0.122. The number of carbonyl (C=O) groups excluding carboxylic acids is 3. The van der Waals surface area contributed by atoms with E-state index in [0.717, 1.165) is 4.90 Å². The Morgan fingerprint density at radius 3 is 2.54 bits per heavy atom. The molecule has 8 nitrogen and oxygen atoms in total. The summed E-state index contributed by atoms with van der Waals surface area (Å²) in [6.45, 7) is 0. The lowest BCUT2D eigenvalue weighted by Gasteiger charge is -2.26. The minimum atomic E-state index is -0.857. The van der Waals surface area contributed by atoms with Crippen LogP contribution in [0.1, 0.15) is 5.56 Å². The van der Waals surface area contributed by atoms with Gasteiger partial charge >= 0.3 is 6.03 Å². The van der Waals surface area contributed by atoms with Crippen LogP contribution in [0, 0.1) is 0 Å². The van der Waals surface area contributed by atoms with E-state index in [-0.39, 0.29) is 22.8 Å². The maximum atomic E-state index is 12.9. The Kier molecular flexibility index (Phi) is 5.36. The van der Waals surface area contributed by atoms with Crippen molar-refractivity contribution in [2.24, 2.45) is 0 Å². The van der Waals surface area contributed by atoms with Crippen molar-refractivity contribution < 1.29 is 29.0 Å². The van der Waals surface area contributed by atoms with Gasteiger partial charge in [0, 0.05) is 6.07 Å². The number of rotatable bonds is 4. The maximum Gasteiger partial charge on any atom is 0.335 e. The molecule has 0 aromatic heterocycles. The zero-order valence-electron chi connectivity index (χ0n) is 14.9. The van der Waals surface area contributed by atoms with Gasteiger partial charge in [-0.2, -0.15) is 0 Å². The SMILES string of the molecule is COc1cccc(N2C(=O)NC(=O)/C(=C\c3cc(Br)c(O)c(OC)c3)C2=O)c1. The monoisotopic (exact) mass is 446 g/mol. The summed E-state index contributed by atoms with van der Waals surface area (Å²) >= 11 is 3.18. The molecule has 2 N–H and O–H groups in total. The first-order valence-electron chi connectivity index (χ1n) is 7.97. The molecule has 1 heterocycles. The average Bonchev–Trinajstić information content (AvgIpc) is 2.67. The Balaban J connectivity index is 2.05. The number of anilines is 1. The van der Waals surface area contributed by atoms with Crippen LogP contribution in [-0.4, -0.2) is 37.2 Å². The van der Waals surface area contributed by atoms with Crippen molar-refractivity contribution in [2.75, 3.05) is 19.1 Å². The molecule has 9 heteroatoms. The van der Waals surface area contributed by atoms with Gasteiger partial charge in [-0.05, 0) is 51.8 Å². The van der Waals surface area contributed by atoms with E-state index in [1.165, 1.54) is 38.5 Å². The molecule has 0 radical (unpaired) electrons. The predicted octanol–water partition coefficient (Wildman–Crippen LogP) is 2.84. The number of ether oxygens (including phenoxy) is 2.